The summed E-state index contributed by atoms with van der Waals surface area (Å²) < 4.78 is 0. The lowest BCUT2D eigenvalue weighted by atomic mass is 10.1. The summed E-state index contributed by atoms with van der Waals surface area (Å²) in [6.45, 7) is 4.12. The van der Waals surface area contributed by atoms with E-state index in [1.54, 1.807) is 0 Å². The molecule has 0 atom stereocenters. The van der Waals surface area contributed by atoms with E-state index in [-0.39, 0.29) is 5.91 Å². The van der Waals surface area contributed by atoms with Crippen LogP contribution in [0.4, 0.5) is 11.5 Å². The lowest BCUT2D eigenvalue weighted by Gasteiger charge is -2.17. The van der Waals surface area contributed by atoms with Crippen LogP contribution in [0.2, 0.25) is 0 Å². The molecule has 5 nitrogen and oxygen atoms in total. The minimum absolute atomic E-state index is 0.0861. The number of carbonyl (C=O) groups is 1. The Bertz CT molecular complexity index is 979. The number of thiophene rings is 1. The van der Waals surface area contributed by atoms with Gasteiger partial charge >= 0.3 is 0 Å². The van der Waals surface area contributed by atoms with Crippen LogP contribution < -0.4 is 10.2 Å². The van der Waals surface area contributed by atoms with E-state index in [9.17, 15) is 4.79 Å². The molecule has 1 saturated heterocycles. The van der Waals surface area contributed by atoms with Crippen molar-refractivity contribution in [3.8, 4) is 0 Å². The molecule has 3 aromatic rings. The zero-order valence-electron chi connectivity index (χ0n) is 15.5. The Balaban J connectivity index is 1.70. The monoisotopic (exact) mass is 398 g/mol. The van der Waals surface area contributed by atoms with E-state index in [1.165, 1.54) is 35.9 Å². The number of carbonyl (C=O) groups excluding carboxylic acids is 1. The second kappa shape index (κ2) is 7.86. The molecule has 0 radical (unpaired) electrons. The van der Waals surface area contributed by atoms with E-state index in [1.807, 2.05) is 36.6 Å². The summed E-state index contributed by atoms with van der Waals surface area (Å²) in [5, 5.41) is 4.80. The maximum Gasteiger partial charge on any atom is 0.265 e. The van der Waals surface area contributed by atoms with Crippen LogP contribution >= 0.6 is 23.1 Å². The van der Waals surface area contributed by atoms with Gasteiger partial charge in [-0.25, -0.2) is 9.97 Å². The van der Waals surface area contributed by atoms with Crippen LogP contribution in [0.25, 0.3) is 10.2 Å². The number of aryl methyl sites for hydroxylation is 1. The van der Waals surface area contributed by atoms with E-state index in [0.717, 1.165) is 52.0 Å². The Morgan fingerprint density at radius 1 is 1.26 bits per heavy atom. The second-order valence-electron chi connectivity index (χ2n) is 6.52. The quantitative estimate of drug-likeness (QED) is 0.493. The van der Waals surface area contributed by atoms with E-state index in [0.29, 0.717) is 4.88 Å². The molecule has 1 aliphatic heterocycles. The van der Waals surface area contributed by atoms with Gasteiger partial charge in [-0.2, -0.15) is 0 Å². The fraction of sp³-hybridized carbons (Fsp3) is 0.350. The molecule has 7 heteroatoms. The number of nitrogens with one attached hydrogen (secondary N) is 1. The molecule has 2 aromatic heterocycles. The Kier molecular flexibility index (Phi) is 5.31. The third-order valence-corrected chi connectivity index (χ3v) is 6.39. The van der Waals surface area contributed by atoms with Gasteiger partial charge in [-0.1, -0.05) is 36.9 Å². The molecule has 27 heavy (non-hydrogen) atoms. The minimum atomic E-state index is -0.0861. The third kappa shape index (κ3) is 3.66. The number of hydrogen-bond donors (Lipinski definition) is 1. The van der Waals surface area contributed by atoms with Crippen LogP contribution in [-0.2, 0) is 6.42 Å². The van der Waals surface area contributed by atoms with Crippen LogP contribution in [0, 0.1) is 0 Å². The summed E-state index contributed by atoms with van der Waals surface area (Å²) in [4.78, 5) is 26.1. The van der Waals surface area contributed by atoms with Crippen molar-refractivity contribution in [2.45, 2.75) is 31.3 Å². The second-order valence-corrected chi connectivity index (χ2v) is 8.33. The molecule has 0 spiro atoms. The van der Waals surface area contributed by atoms with E-state index in [4.69, 9.17) is 4.98 Å². The Morgan fingerprint density at radius 3 is 2.78 bits per heavy atom. The van der Waals surface area contributed by atoms with Crippen molar-refractivity contribution in [1.29, 1.82) is 0 Å². The first-order valence-corrected chi connectivity index (χ1v) is 11.2. The van der Waals surface area contributed by atoms with Crippen molar-refractivity contribution in [3.05, 3.63) is 40.8 Å². The summed E-state index contributed by atoms with van der Waals surface area (Å²) in [5.41, 5.74) is 2.01. The largest absolute Gasteiger partial charge is 0.356 e. The lowest BCUT2D eigenvalue weighted by molar-refractivity contribution is 0.103. The highest BCUT2D eigenvalue weighted by Crippen LogP contribution is 2.34. The Morgan fingerprint density at radius 2 is 2.04 bits per heavy atom. The molecule has 0 unspecified atom stereocenters. The SMILES string of the molecule is CCc1ccccc1NC(=O)c1cc2c(N3CCCC3)nc(SC)nc2s1. The number of anilines is 2. The number of fused-ring (bicyclic) bond motifs is 1. The summed E-state index contributed by atoms with van der Waals surface area (Å²) >= 11 is 2.98. The molecule has 0 bridgehead atoms. The van der Waals surface area contributed by atoms with Crippen LogP contribution in [0.3, 0.4) is 0 Å². The van der Waals surface area contributed by atoms with Crippen LogP contribution in [0.1, 0.15) is 35.0 Å². The number of benzene rings is 1. The maximum absolute atomic E-state index is 12.9. The molecule has 3 heterocycles. The van der Waals surface area contributed by atoms with Gasteiger partial charge in [0, 0.05) is 18.8 Å². The first kappa shape index (κ1) is 18.3. The summed E-state index contributed by atoms with van der Waals surface area (Å²) in [6.07, 6.45) is 5.24. The molecule has 1 aliphatic rings. The summed E-state index contributed by atoms with van der Waals surface area (Å²) in [7, 11) is 0. The van der Waals surface area contributed by atoms with E-state index in [2.05, 4.69) is 22.1 Å². The Labute approximate surface area is 167 Å². The normalized spacial score (nSPS) is 14.1. The van der Waals surface area contributed by atoms with Gasteiger partial charge in [0.05, 0.1) is 10.3 Å². The average Bonchev–Trinajstić information content (AvgIpc) is 3.37. The average molecular weight is 399 g/mol. The first-order valence-electron chi connectivity index (χ1n) is 9.19. The zero-order chi connectivity index (χ0) is 18.8. The smallest absolute Gasteiger partial charge is 0.265 e. The van der Waals surface area contributed by atoms with Crippen LogP contribution in [0.5, 0.6) is 0 Å². The van der Waals surface area contributed by atoms with Crippen molar-refractivity contribution in [2.75, 3.05) is 29.6 Å². The van der Waals surface area contributed by atoms with Gasteiger partial charge in [0.1, 0.15) is 10.6 Å². The van der Waals surface area contributed by atoms with Gasteiger partial charge < -0.3 is 10.2 Å². The standard InChI is InChI=1S/C20H22N4OS2/c1-3-13-8-4-5-9-15(13)21-18(25)16-12-14-17(24-10-6-7-11-24)22-20(26-2)23-19(14)27-16/h4-5,8-9,12H,3,6-7,10-11H2,1-2H3,(H,21,25). The number of hydrogen-bond acceptors (Lipinski definition) is 6. The van der Waals surface area contributed by atoms with E-state index >= 15 is 0 Å². The van der Waals surface area contributed by atoms with E-state index < -0.39 is 0 Å². The number of amides is 1. The molecular weight excluding hydrogens is 376 g/mol. The topological polar surface area (TPSA) is 58.1 Å². The molecule has 1 amide bonds. The molecule has 1 fully saturated rings. The zero-order valence-corrected chi connectivity index (χ0v) is 17.1. The third-order valence-electron chi connectivity index (χ3n) is 4.81. The molecule has 1 aromatic carbocycles. The van der Waals surface area contributed by atoms with Gasteiger partial charge in [0.15, 0.2) is 5.16 Å². The number of para-hydroxylation sites is 1. The molecule has 0 saturated carbocycles. The fourth-order valence-electron chi connectivity index (χ4n) is 3.39. The maximum atomic E-state index is 12.9. The highest BCUT2D eigenvalue weighted by Gasteiger charge is 2.21. The van der Waals surface area contributed by atoms with Crippen LogP contribution in [-0.4, -0.2) is 35.2 Å². The molecule has 0 aliphatic carbocycles. The highest BCUT2D eigenvalue weighted by atomic mass is 32.2. The fourth-order valence-corrected chi connectivity index (χ4v) is 4.73. The van der Waals surface area contributed by atoms with Gasteiger partial charge in [-0.3, -0.25) is 4.79 Å². The number of aromatic nitrogens is 2. The number of rotatable bonds is 5. The summed E-state index contributed by atoms with van der Waals surface area (Å²) in [5.74, 6) is 0.878. The van der Waals surface area contributed by atoms with Crippen LogP contribution in [0.15, 0.2) is 35.5 Å². The highest BCUT2D eigenvalue weighted by molar-refractivity contribution is 7.98. The predicted octanol–water partition coefficient (Wildman–Crippen LogP) is 4.83. The van der Waals surface area contributed by atoms with Gasteiger partial charge in [0.2, 0.25) is 0 Å². The van der Waals surface area contributed by atoms with Crippen molar-refractivity contribution in [3.63, 3.8) is 0 Å². The number of thioether (sulfide) groups is 1. The van der Waals surface area contributed by atoms with Crippen molar-refractivity contribution < 1.29 is 4.79 Å². The minimum Gasteiger partial charge on any atom is -0.356 e. The van der Waals surface area contributed by atoms with Crippen molar-refractivity contribution in [1.82, 2.24) is 9.97 Å². The molecule has 140 valence electrons. The molecule has 1 N–H and O–H groups in total. The van der Waals surface area contributed by atoms with Gasteiger partial charge in [-0.05, 0) is 43.2 Å². The van der Waals surface area contributed by atoms with Gasteiger partial charge in [-0.15, -0.1) is 11.3 Å². The first-order chi connectivity index (χ1) is 13.2. The molecule has 4 rings (SSSR count). The Hall–Kier alpha value is -2.12. The molecular formula is C20H22N4OS2. The predicted molar refractivity (Wildman–Crippen MR) is 114 cm³/mol. The summed E-state index contributed by atoms with van der Waals surface area (Å²) in [6, 6.07) is 9.88. The van der Waals surface area contributed by atoms with Crippen molar-refractivity contribution in [2.24, 2.45) is 0 Å². The van der Waals surface area contributed by atoms with Crippen molar-refractivity contribution >= 4 is 50.7 Å². The van der Waals surface area contributed by atoms with Gasteiger partial charge in [0.25, 0.3) is 5.91 Å². The number of nitrogens with zero attached hydrogens (tertiary/aromatic N) is 3. The lowest BCUT2D eigenvalue weighted by Crippen LogP contribution is -2.19.